The van der Waals surface area contributed by atoms with E-state index in [1.807, 2.05) is 48.5 Å². The summed E-state index contributed by atoms with van der Waals surface area (Å²) < 4.78 is 22.6. The Morgan fingerprint density at radius 2 is 0.974 bits per heavy atom. The van der Waals surface area contributed by atoms with E-state index < -0.39 is 48.2 Å². The van der Waals surface area contributed by atoms with Crippen LogP contribution < -0.4 is 30.7 Å². The van der Waals surface area contributed by atoms with E-state index >= 15 is 0 Å². The van der Waals surface area contributed by atoms with E-state index in [1.54, 1.807) is 74.2 Å². The van der Waals surface area contributed by atoms with Gasteiger partial charge >= 0.3 is 12.2 Å². The number of methoxy groups -OCH3 is 2. The summed E-state index contributed by atoms with van der Waals surface area (Å²) in [6, 6.07) is 21.6. The van der Waals surface area contributed by atoms with Gasteiger partial charge in [-0.25, -0.2) is 19.6 Å². The number of nitrogens with one attached hydrogen (secondary N) is 6. The van der Waals surface area contributed by atoms with Gasteiger partial charge in [0.2, 0.25) is 23.6 Å². The fourth-order valence-electron chi connectivity index (χ4n) is 11.0. The van der Waals surface area contributed by atoms with E-state index in [9.17, 15) is 28.8 Å². The van der Waals surface area contributed by atoms with Crippen LogP contribution in [-0.4, -0.2) is 105 Å². The van der Waals surface area contributed by atoms with Crippen LogP contribution in [0.25, 0.3) is 33.6 Å². The summed E-state index contributed by atoms with van der Waals surface area (Å²) in [7, 11) is 2.46. The minimum Gasteiger partial charge on any atom is -0.488 e. The second-order valence-corrected chi connectivity index (χ2v) is 20.8. The molecule has 4 aliphatic heterocycles. The van der Waals surface area contributed by atoms with Crippen LogP contribution in [0.1, 0.15) is 111 Å². The zero-order valence-electron chi connectivity index (χ0n) is 44.4. The molecule has 6 heterocycles. The molecule has 20 heteroatoms. The maximum atomic E-state index is 14.6. The van der Waals surface area contributed by atoms with E-state index in [0.29, 0.717) is 60.2 Å². The van der Waals surface area contributed by atoms with Crippen LogP contribution in [-0.2, 0) is 41.9 Å². The molecule has 4 aromatic carbocycles. The Morgan fingerprint density at radius 3 is 1.35 bits per heavy atom. The first-order valence-electron chi connectivity index (χ1n) is 26.4. The van der Waals surface area contributed by atoms with Gasteiger partial charge in [0.15, 0.2) is 0 Å². The lowest BCUT2D eigenvalue weighted by atomic mass is 9.87. The van der Waals surface area contributed by atoms with Gasteiger partial charge in [-0.1, -0.05) is 88.4 Å². The predicted molar refractivity (Wildman–Crippen MR) is 286 cm³/mol. The Balaban J connectivity index is 0.857. The third kappa shape index (κ3) is 10.6. The van der Waals surface area contributed by atoms with E-state index in [1.165, 1.54) is 14.2 Å². The molecule has 2 fully saturated rings. The summed E-state index contributed by atoms with van der Waals surface area (Å²) in [5.74, 6) is 0.496. The van der Waals surface area contributed by atoms with Crippen LogP contribution >= 0.6 is 0 Å². The average Bonchev–Trinajstić information content (AvgIpc) is 4.41. The van der Waals surface area contributed by atoms with Crippen molar-refractivity contribution in [1.82, 2.24) is 51.0 Å². The molecule has 406 valence electrons. The highest BCUT2D eigenvalue weighted by Gasteiger charge is 2.41. The number of aromatic nitrogens is 4. The molecule has 2 saturated heterocycles. The minimum atomic E-state index is -1.02. The molecular formula is C58H64N10O10. The van der Waals surface area contributed by atoms with Crippen LogP contribution in [0.4, 0.5) is 9.59 Å². The summed E-state index contributed by atoms with van der Waals surface area (Å²) >= 11 is 0. The van der Waals surface area contributed by atoms with Gasteiger partial charge in [0, 0.05) is 46.5 Å². The monoisotopic (exact) mass is 1060 g/mol. The Hall–Kier alpha value is -8.68. The van der Waals surface area contributed by atoms with Crippen molar-refractivity contribution in [2.45, 2.75) is 103 Å². The number of amides is 6. The molecule has 20 nitrogen and oxygen atoms in total. The third-order valence-corrected chi connectivity index (χ3v) is 15.0. The van der Waals surface area contributed by atoms with Gasteiger partial charge < -0.3 is 60.0 Å². The Bertz CT molecular complexity index is 2970. The Labute approximate surface area is 451 Å². The van der Waals surface area contributed by atoms with Crippen LogP contribution in [0.3, 0.4) is 0 Å². The van der Waals surface area contributed by atoms with Crippen molar-refractivity contribution in [2.24, 2.45) is 11.8 Å². The number of hydrogen-bond acceptors (Lipinski definition) is 12. The van der Waals surface area contributed by atoms with Gasteiger partial charge in [-0.15, -0.1) is 0 Å². The zero-order valence-corrected chi connectivity index (χ0v) is 44.4. The summed E-state index contributed by atoms with van der Waals surface area (Å²) in [5.41, 5.74) is 8.20. The number of carbonyl (C=O) groups excluding carboxylic acids is 6. The molecule has 0 spiro atoms. The topological polar surface area (TPSA) is 251 Å². The number of H-pyrrole nitrogens is 2. The zero-order chi connectivity index (χ0) is 54.8. The molecule has 0 unspecified atom stereocenters. The van der Waals surface area contributed by atoms with Crippen LogP contribution in [0.15, 0.2) is 97.3 Å². The summed E-state index contributed by atoms with van der Waals surface area (Å²) in [4.78, 5) is 101. The van der Waals surface area contributed by atoms with Crippen LogP contribution in [0.2, 0.25) is 0 Å². The standard InChI is InChI=1S/C58H64N10O10/c1-31(2)47(65-57(73)75-5)53(69)63-49(33-15-9-7-10-16-33)55(71)67-21-13-19-41(67)51-59-27-39(61-51)35-23-37-29-78-44-26-36(24-38-30-77-43(25-35)45(37)46(38)44)40-28-60-52(62-40)42-20-14-22-68(42)56(72)50(34-17-11-8-12-18-34)64-54(70)48(32(3)4)66-58(74)76-6/h7-12,15-18,23-28,31-32,41-42,47-50H,13-14,19-22,29-30H2,1-6H3,(H,59,61)(H,60,62)(H,63,69)(H,64,70)(H,65,73)(H,66,74)/t41-,42-,47-,48-,49+,50+/m0/s1. The number of aromatic amines is 2. The number of imidazole rings is 2. The van der Waals surface area contributed by atoms with Crippen molar-refractivity contribution in [2.75, 3.05) is 27.3 Å². The third-order valence-electron chi connectivity index (χ3n) is 15.0. The number of rotatable bonds is 16. The fraction of sp³-hybridized carbons (Fsp3) is 0.379. The molecule has 0 aliphatic carbocycles. The molecule has 0 bridgehead atoms. The van der Waals surface area contributed by atoms with Crippen LogP contribution in [0.5, 0.6) is 11.5 Å². The SMILES string of the molecule is COC(=O)N[C@H](C(=O)N[C@@H](C(=O)N1CCC[C@H]1c1ncc(-c2cc3c4c(c2)OCc2cc(-c5cnc([C@@H]6CCCN6C(=O)[C@H](NC(=O)[C@@H](NC(=O)OC)C(C)C)c6ccccc6)[nH]5)cc(c2-4)OC3)[nH]1)c1ccccc1)C(C)C. The van der Waals surface area contributed by atoms with Crippen molar-refractivity contribution in [3.8, 4) is 45.1 Å². The molecule has 0 radical (unpaired) electrons. The summed E-state index contributed by atoms with van der Waals surface area (Å²) in [5, 5.41) is 11.1. The molecule has 6 N–H and O–H groups in total. The molecule has 10 rings (SSSR count). The lowest BCUT2D eigenvalue weighted by molar-refractivity contribution is -0.138. The van der Waals surface area contributed by atoms with Crippen molar-refractivity contribution in [1.29, 1.82) is 0 Å². The van der Waals surface area contributed by atoms with E-state index in [2.05, 4.69) is 43.4 Å². The average molecular weight is 1060 g/mol. The highest BCUT2D eigenvalue weighted by molar-refractivity contribution is 5.94. The number of nitrogens with zero attached hydrogens (tertiary/aromatic N) is 4. The van der Waals surface area contributed by atoms with E-state index in [4.69, 9.17) is 28.9 Å². The van der Waals surface area contributed by atoms with Crippen molar-refractivity contribution in [3.63, 3.8) is 0 Å². The normalized spacial score (nSPS) is 17.7. The van der Waals surface area contributed by atoms with Gasteiger partial charge in [-0.3, -0.25) is 19.2 Å². The number of ether oxygens (including phenoxy) is 4. The Kier molecular flexibility index (Phi) is 15.2. The van der Waals surface area contributed by atoms with Gasteiger partial charge in [0.25, 0.3) is 0 Å². The highest BCUT2D eigenvalue weighted by Crippen LogP contribution is 2.51. The highest BCUT2D eigenvalue weighted by atomic mass is 16.5. The summed E-state index contributed by atoms with van der Waals surface area (Å²) in [6.45, 7) is 8.70. The quantitative estimate of drug-likeness (QED) is 0.0545. The van der Waals surface area contributed by atoms with Gasteiger partial charge in [0.05, 0.1) is 50.1 Å². The van der Waals surface area contributed by atoms with Gasteiger partial charge in [0.1, 0.15) is 60.5 Å². The number of carbonyl (C=O) groups is 6. The largest absolute Gasteiger partial charge is 0.488 e. The smallest absolute Gasteiger partial charge is 0.407 e. The minimum absolute atomic E-state index is 0.282. The second-order valence-electron chi connectivity index (χ2n) is 20.8. The number of benzene rings is 4. The second kappa shape index (κ2) is 22.5. The number of alkyl carbamates (subject to hydrolysis) is 2. The first-order chi connectivity index (χ1) is 37.7. The lowest BCUT2D eigenvalue weighted by Gasteiger charge is -2.30. The molecule has 0 saturated carbocycles. The maximum Gasteiger partial charge on any atom is 0.407 e. The van der Waals surface area contributed by atoms with E-state index in [-0.39, 0.29) is 48.9 Å². The van der Waals surface area contributed by atoms with E-state index in [0.717, 1.165) is 57.6 Å². The van der Waals surface area contributed by atoms with Gasteiger partial charge in [-0.05, 0) is 72.9 Å². The lowest BCUT2D eigenvalue weighted by Crippen LogP contribution is -2.52. The molecule has 2 aromatic heterocycles. The first kappa shape index (κ1) is 52.7. The van der Waals surface area contributed by atoms with Crippen molar-refractivity contribution < 1.29 is 47.7 Å². The predicted octanol–water partition coefficient (Wildman–Crippen LogP) is 7.72. The van der Waals surface area contributed by atoms with Crippen molar-refractivity contribution >= 4 is 35.8 Å². The number of likely N-dealkylation sites (tertiary alicyclic amines) is 2. The Morgan fingerprint density at radius 1 is 0.577 bits per heavy atom. The molecule has 6 amide bonds. The molecule has 4 aliphatic rings. The fourth-order valence-corrected chi connectivity index (χ4v) is 11.0. The number of hydrogen-bond donors (Lipinski definition) is 6. The first-order valence-corrected chi connectivity index (χ1v) is 26.4. The molecule has 6 atom stereocenters. The molecular weight excluding hydrogens is 997 g/mol. The molecule has 6 aromatic rings. The van der Waals surface area contributed by atoms with Crippen LogP contribution in [0, 0.1) is 11.8 Å². The van der Waals surface area contributed by atoms with Gasteiger partial charge in [-0.2, -0.15) is 0 Å². The molecule has 78 heavy (non-hydrogen) atoms. The maximum absolute atomic E-state index is 14.6. The summed E-state index contributed by atoms with van der Waals surface area (Å²) in [6.07, 6.45) is 4.83. The van der Waals surface area contributed by atoms with Crippen molar-refractivity contribution in [3.05, 3.63) is 131 Å².